The number of tetrazole rings is 1. The molecule has 0 saturated heterocycles. The summed E-state index contributed by atoms with van der Waals surface area (Å²) in [5.74, 6) is 0.813. The van der Waals surface area contributed by atoms with Gasteiger partial charge in [-0.25, -0.2) is 0 Å². The second-order valence-corrected chi connectivity index (χ2v) is 5.42. The van der Waals surface area contributed by atoms with Crippen LogP contribution in [0.3, 0.4) is 0 Å². The van der Waals surface area contributed by atoms with Gasteiger partial charge in [0.2, 0.25) is 0 Å². The normalized spacial score (nSPS) is 18.3. The fourth-order valence-corrected chi connectivity index (χ4v) is 2.81. The van der Waals surface area contributed by atoms with Gasteiger partial charge in [-0.15, -0.1) is 14.8 Å². The fraction of sp³-hybridized carbons (Fsp3) is 0.667. The van der Waals surface area contributed by atoms with Gasteiger partial charge in [-0.2, -0.15) is 0 Å². The third-order valence-corrected chi connectivity index (χ3v) is 4.15. The standard InChI is InChI=1S/C12H19N7/c1-18(2)12(7-3-4-8-12)9-13-10-5-6-11-14-16-17-19(11)15-10/h5-6H,3-4,7-9H2,1-2H3,(H,13,15). The lowest BCUT2D eigenvalue weighted by molar-refractivity contribution is 0.172. The third kappa shape index (κ3) is 2.25. The summed E-state index contributed by atoms with van der Waals surface area (Å²) in [6.07, 6.45) is 5.08. The lowest BCUT2D eigenvalue weighted by atomic mass is 9.96. The zero-order valence-electron chi connectivity index (χ0n) is 11.4. The Kier molecular flexibility index (Phi) is 3.06. The SMILES string of the molecule is CN(C)C1(CNc2ccc3nnnn3n2)CCCC1. The van der Waals surface area contributed by atoms with Crippen LogP contribution < -0.4 is 5.32 Å². The second kappa shape index (κ2) is 4.73. The van der Waals surface area contributed by atoms with E-state index in [1.807, 2.05) is 12.1 Å². The molecular weight excluding hydrogens is 242 g/mol. The molecule has 2 aromatic rings. The van der Waals surface area contributed by atoms with E-state index in [1.165, 1.54) is 30.3 Å². The molecule has 102 valence electrons. The Labute approximate surface area is 112 Å². The van der Waals surface area contributed by atoms with E-state index in [0.29, 0.717) is 5.65 Å². The van der Waals surface area contributed by atoms with Crippen LogP contribution in [0.1, 0.15) is 25.7 Å². The van der Waals surface area contributed by atoms with Crippen LogP contribution in [0.25, 0.3) is 5.65 Å². The van der Waals surface area contributed by atoms with Gasteiger partial charge in [0, 0.05) is 12.1 Å². The number of nitrogens with zero attached hydrogens (tertiary/aromatic N) is 6. The number of likely N-dealkylation sites (N-methyl/N-ethyl adjacent to an activating group) is 1. The summed E-state index contributed by atoms with van der Waals surface area (Å²) in [5.41, 5.74) is 0.908. The Morgan fingerprint density at radius 3 is 2.84 bits per heavy atom. The van der Waals surface area contributed by atoms with Crippen molar-refractivity contribution in [2.45, 2.75) is 31.2 Å². The van der Waals surface area contributed by atoms with Crippen molar-refractivity contribution in [3.8, 4) is 0 Å². The van der Waals surface area contributed by atoms with Gasteiger partial charge in [0.25, 0.3) is 0 Å². The van der Waals surface area contributed by atoms with Gasteiger partial charge >= 0.3 is 0 Å². The first-order valence-corrected chi connectivity index (χ1v) is 6.66. The first-order valence-electron chi connectivity index (χ1n) is 6.66. The maximum Gasteiger partial charge on any atom is 0.200 e. The monoisotopic (exact) mass is 261 g/mol. The maximum atomic E-state index is 4.34. The number of hydrogen-bond acceptors (Lipinski definition) is 6. The molecule has 0 spiro atoms. The molecule has 7 heteroatoms. The van der Waals surface area contributed by atoms with Gasteiger partial charge in [-0.1, -0.05) is 12.8 Å². The molecule has 0 aliphatic heterocycles. The predicted molar refractivity (Wildman–Crippen MR) is 72.0 cm³/mol. The summed E-state index contributed by atoms with van der Waals surface area (Å²) < 4.78 is 1.44. The highest BCUT2D eigenvalue weighted by Gasteiger charge is 2.35. The van der Waals surface area contributed by atoms with Gasteiger partial charge in [-0.05, 0) is 49.5 Å². The van der Waals surface area contributed by atoms with Crippen molar-refractivity contribution in [2.24, 2.45) is 0 Å². The summed E-state index contributed by atoms with van der Waals surface area (Å²) in [6, 6.07) is 3.79. The number of aromatic nitrogens is 5. The van der Waals surface area contributed by atoms with Crippen LogP contribution in [0.4, 0.5) is 5.82 Å². The van der Waals surface area contributed by atoms with Crippen molar-refractivity contribution in [3.63, 3.8) is 0 Å². The Hall–Kier alpha value is -1.76. The minimum absolute atomic E-state index is 0.247. The van der Waals surface area contributed by atoms with Crippen molar-refractivity contribution in [3.05, 3.63) is 12.1 Å². The smallest absolute Gasteiger partial charge is 0.200 e. The first kappa shape index (κ1) is 12.3. The van der Waals surface area contributed by atoms with Gasteiger partial charge < -0.3 is 10.2 Å². The van der Waals surface area contributed by atoms with Crippen LogP contribution in [0.15, 0.2) is 12.1 Å². The summed E-state index contributed by atoms with van der Waals surface area (Å²) in [7, 11) is 4.32. The van der Waals surface area contributed by atoms with E-state index < -0.39 is 0 Å². The largest absolute Gasteiger partial charge is 0.367 e. The Bertz CT molecular complexity index is 556. The number of anilines is 1. The third-order valence-electron chi connectivity index (χ3n) is 4.15. The first-order chi connectivity index (χ1) is 9.20. The molecule has 1 aliphatic rings. The van der Waals surface area contributed by atoms with Gasteiger partial charge in [0.1, 0.15) is 5.82 Å². The van der Waals surface area contributed by atoms with Crippen LogP contribution in [-0.4, -0.2) is 56.3 Å². The minimum atomic E-state index is 0.247. The van der Waals surface area contributed by atoms with E-state index in [1.54, 1.807) is 0 Å². The molecule has 2 heterocycles. The van der Waals surface area contributed by atoms with E-state index in [4.69, 9.17) is 0 Å². The Balaban J connectivity index is 1.74. The Morgan fingerprint density at radius 2 is 2.11 bits per heavy atom. The zero-order chi connectivity index (χ0) is 13.3. The van der Waals surface area contributed by atoms with E-state index in [9.17, 15) is 0 Å². The summed E-state index contributed by atoms with van der Waals surface area (Å²) in [4.78, 5) is 2.34. The highest BCUT2D eigenvalue weighted by Crippen LogP contribution is 2.33. The number of hydrogen-bond donors (Lipinski definition) is 1. The zero-order valence-corrected chi connectivity index (χ0v) is 11.4. The molecule has 7 nitrogen and oxygen atoms in total. The molecule has 0 bridgehead atoms. The van der Waals surface area contributed by atoms with Gasteiger partial charge in [0.15, 0.2) is 5.65 Å². The summed E-state index contributed by atoms with van der Waals surface area (Å²) in [5, 5.41) is 19.0. The Morgan fingerprint density at radius 1 is 1.32 bits per heavy atom. The van der Waals surface area contributed by atoms with Crippen molar-refractivity contribution >= 4 is 11.5 Å². The predicted octanol–water partition coefficient (Wildman–Crippen LogP) is 0.806. The van der Waals surface area contributed by atoms with E-state index in [2.05, 4.69) is 44.9 Å². The van der Waals surface area contributed by atoms with Crippen LogP contribution in [0.5, 0.6) is 0 Å². The molecule has 2 aromatic heterocycles. The fourth-order valence-electron chi connectivity index (χ4n) is 2.81. The summed E-state index contributed by atoms with van der Waals surface area (Å²) in [6.45, 7) is 0.903. The molecule has 0 amide bonds. The molecule has 0 atom stereocenters. The van der Waals surface area contributed by atoms with E-state index in [-0.39, 0.29) is 5.54 Å². The van der Waals surface area contributed by atoms with Crippen molar-refractivity contribution in [2.75, 3.05) is 26.0 Å². The topological polar surface area (TPSA) is 71.2 Å². The lowest BCUT2D eigenvalue weighted by Gasteiger charge is -2.36. The van der Waals surface area contributed by atoms with Gasteiger partial charge in [0.05, 0.1) is 0 Å². The molecule has 0 unspecified atom stereocenters. The molecule has 0 aromatic carbocycles. The molecule has 1 fully saturated rings. The minimum Gasteiger partial charge on any atom is -0.367 e. The molecule has 0 radical (unpaired) electrons. The van der Waals surface area contributed by atoms with E-state index >= 15 is 0 Å². The van der Waals surface area contributed by atoms with Crippen molar-refractivity contribution in [1.82, 2.24) is 30.2 Å². The number of fused-ring (bicyclic) bond motifs is 1. The highest BCUT2D eigenvalue weighted by atomic mass is 15.6. The molecule has 1 saturated carbocycles. The summed E-state index contributed by atoms with van der Waals surface area (Å²) >= 11 is 0. The quantitative estimate of drug-likeness (QED) is 0.878. The molecule has 1 N–H and O–H groups in total. The molecule has 3 rings (SSSR count). The van der Waals surface area contributed by atoms with Crippen LogP contribution in [-0.2, 0) is 0 Å². The molecular formula is C12H19N7. The van der Waals surface area contributed by atoms with Crippen LogP contribution >= 0.6 is 0 Å². The van der Waals surface area contributed by atoms with Crippen LogP contribution in [0.2, 0.25) is 0 Å². The average Bonchev–Trinajstić information content (AvgIpc) is 3.05. The lowest BCUT2D eigenvalue weighted by Crippen LogP contribution is -2.47. The van der Waals surface area contributed by atoms with E-state index in [0.717, 1.165) is 12.4 Å². The van der Waals surface area contributed by atoms with Gasteiger partial charge in [-0.3, -0.25) is 0 Å². The number of nitrogens with one attached hydrogen (secondary N) is 1. The average molecular weight is 261 g/mol. The number of rotatable bonds is 4. The van der Waals surface area contributed by atoms with Crippen LogP contribution in [0, 0.1) is 0 Å². The van der Waals surface area contributed by atoms with Crippen molar-refractivity contribution in [1.29, 1.82) is 0 Å². The van der Waals surface area contributed by atoms with Crippen molar-refractivity contribution < 1.29 is 0 Å². The highest BCUT2D eigenvalue weighted by molar-refractivity contribution is 5.42. The second-order valence-electron chi connectivity index (χ2n) is 5.42. The molecule has 1 aliphatic carbocycles. The molecule has 19 heavy (non-hydrogen) atoms. The maximum absolute atomic E-state index is 4.34.